The van der Waals surface area contributed by atoms with Gasteiger partial charge in [0.15, 0.2) is 6.29 Å². The Kier molecular flexibility index (Phi) is 3.75. The Morgan fingerprint density at radius 2 is 2.36 bits per heavy atom. The molecule has 0 saturated carbocycles. The minimum Gasteiger partial charge on any atom is -0.492 e. The second-order valence-electron chi connectivity index (χ2n) is 2.96. The normalized spacial score (nSPS) is 9.14. The molecule has 0 amide bonds. The molecule has 1 rings (SSSR count). The van der Waals surface area contributed by atoms with Crippen LogP contribution in [0.2, 0.25) is 0 Å². The van der Waals surface area contributed by atoms with Gasteiger partial charge in [-0.25, -0.2) is 0 Å². The molecule has 0 heterocycles. The van der Waals surface area contributed by atoms with E-state index in [1.54, 1.807) is 12.1 Å². The molecule has 0 saturated heterocycles. The summed E-state index contributed by atoms with van der Waals surface area (Å²) in [5.74, 6) is 3.07. The number of benzene rings is 1. The summed E-state index contributed by atoms with van der Waals surface area (Å²) in [6.07, 6.45) is 6.43. The summed E-state index contributed by atoms with van der Waals surface area (Å²) in [7, 11) is 0. The van der Waals surface area contributed by atoms with Crippen LogP contribution in [0.4, 0.5) is 0 Å². The molecule has 0 aliphatic heterocycles. The first-order valence-corrected chi connectivity index (χ1v) is 4.40. The topological polar surface area (TPSA) is 26.3 Å². The molecule has 0 bridgehead atoms. The zero-order valence-corrected chi connectivity index (χ0v) is 8.12. The third-order valence-electron chi connectivity index (χ3n) is 1.80. The van der Waals surface area contributed by atoms with Crippen molar-refractivity contribution in [2.75, 3.05) is 6.61 Å². The number of terminal acetylenes is 1. The summed E-state index contributed by atoms with van der Waals surface area (Å²) in [6, 6.07) is 5.48. The van der Waals surface area contributed by atoms with E-state index in [0.29, 0.717) is 24.3 Å². The molecule has 0 aromatic heterocycles. The van der Waals surface area contributed by atoms with Crippen LogP contribution in [0.25, 0.3) is 0 Å². The number of hydrogen-bond donors (Lipinski definition) is 0. The van der Waals surface area contributed by atoms with E-state index in [0.717, 1.165) is 11.8 Å². The van der Waals surface area contributed by atoms with Crippen LogP contribution in [-0.2, 0) is 0 Å². The lowest BCUT2D eigenvalue weighted by Crippen LogP contribution is -1.99. The largest absolute Gasteiger partial charge is 0.492 e. The number of ether oxygens (including phenoxy) is 1. The molecule has 0 aliphatic carbocycles. The van der Waals surface area contributed by atoms with E-state index < -0.39 is 0 Å². The van der Waals surface area contributed by atoms with Crippen molar-refractivity contribution in [3.8, 4) is 18.1 Å². The monoisotopic (exact) mass is 188 g/mol. The minimum atomic E-state index is 0.445. The highest BCUT2D eigenvalue weighted by atomic mass is 16.5. The van der Waals surface area contributed by atoms with Crippen LogP contribution in [0.15, 0.2) is 18.2 Å². The van der Waals surface area contributed by atoms with Gasteiger partial charge < -0.3 is 4.74 Å². The molecule has 0 unspecified atom stereocenters. The Labute approximate surface area is 83.9 Å². The highest BCUT2D eigenvalue weighted by molar-refractivity contribution is 5.79. The van der Waals surface area contributed by atoms with Crippen LogP contribution >= 0.6 is 0 Å². The van der Waals surface area contributed by atoms with Gasteiger partial charge in [0.1, 0.15) is 5.75 Å². The molecule has 0 aliphatic rings. The van der Waals surface area contributed by atoms with Crippen molar-refractivity contribution in [3.63, 3.8) is 0 Å². The van der Waals surface area contributed by atoms with Gasteiger partial charge in [-0.2, -0.15) is 0 Å². The Hall–Kier alpha value is -1.75. The molecule has 0 atom stereocenters. The number of carbonyl (C=O) groups excluding carboxylic acids is 1. The molecule has 72 valence electrons. The van der Waals surface area contributed by atoms with E-state index in [2.05, 4.69) is 5.92 Å². The standard InChI is InChI=1S/C12H12O2/c1-3-4-7-14-12-6-5-10(2)8-11(12)9-13/h1,5-6,8-9H,4,7H2,2H3. The second kappa shape index (κ2) is 5.08. The SMILES string of the molecule is C#CCCOc1ccc(C)cc1C=O. The van der Waals surface area contributed by atoms with Crippen molar-refractivity contribution in [2.45, 2.75) is 13.3 Å². The number of carbonyl (C=O) groups is 1. The van der Waals surface area contributed by atoms with Gasteiger partial charge in [0.25, 0.3) is 0 Å². The molecule has 0 fully saturated rings. The summed E-state index contributed by atoms with van der Waals surface area (Å²) in [5, 5.41) is 0. The molecule has 2 nitrogen and oxygen atoms in total. The summed E-state index contributed by atoms with van der Waals surface area (Å²) in [5.41, 5.74) is 1.61. The zero-order chi connectivity index (χ0) is 10.4. The Balaban J connectivity index is 2.76. The maximum Gasteiger partial charge on any atom is 0.153 e. The van der Waals surface area contributed by atoms with Gasteiger partial charge in [0.2, 0.25) is 0 Å². The fourth-order valence-electron chi connectivity index (χ4n) is 1.11. The molecular weight excluding hydrogens is 176 g/mol. The van der Waals surface area contributed by atoms with Gasteiger partial charge in [-0.1, -0.05) is 11.6 Å². The van der Waals surface area contributed by atoms with Gasteiger partial charge in [-0.3, -0.25) is 4.79 Å². The van der Waals surface area contributed by atoms with Crippen molar-refractivity contribution in [1.82, 2.24) is 0 Å². The van der Waals surface area contributed by atoms with Crippen molar-refractivity contribution in [1.29, 1.82) is 0 Å². The van der Waals surface area contributed by atoms with Crippen LogP contribution in [-0.4, -0.2) is 12.9 Å². The first-order chi connectivity index (χ1) is 6.77. The Morgan fingerprint density at radius 1 is 1.57 bits per heavy atom. The third kappa shape index (κ3) is 2.63. The summed E-state index contributed by atoms with van der Waals surface area (Å²) in [6.45, 7) is 2.37. The van der Waals surface area contributed by atoms with E-state index in [1.807, 2.05) is 13.0 Å². The number of hydrogen-bond acceptors (Lipinski definition) is 2. The smallest absolute Gasteiger partial charge is 0.153 e. The minimum absolute atomic E-state index is 0.445. The number of rotatable bonds is 4. The van der Waals surface area contributed by atoms with Crippen molar-refractivity contribution < 1.29 is 9.53 Å². The van der Waals surface area contributed by atoms with Gasteiger partial charge in [0.05, 0.1) is 12.2 Å². The average molecular weight is 188 g/mol. The predicted molar refractivity (Wildman–Crippen MR) is 55.5 cm³/mol. The Morgan fingerprint density at radius 3 is 3.00 bits per heavy atom. The summed E-state index contributed by atoms with van der Waals surface area (Å²) in [4.78, 5) is 10.7. The molecule has 1 aromatic rings. The van der Waals surface area contributed by atoms with Crippen LogP contribution in [0.3, 0.4) is 0 Å². The van der Waals surface area contributed by atoms with E-state index >= 15 is 0 Å². The van der Waals surface area contributed by atoms with Gasteiger partial charge in [-0.05, 0) is 19.1 Å². The molecular formula is C12H12O2. The average Bonchev–Trinajstić information content (AvgIpc) is 2.20. The zero-order valence-electron chi connectivity index (χ0n) is 8.12. The Bertz CT molecular complexity index is 361. The quantitative estimate of drug-likeness (QED) is 0.411. The first-order valence-electron chi connectivity index (χ1n) is 4.40. The van der Waals surface area contributed by atoms with Gasteiger partial charge in [-0.15, -0.1) is 12.3 Å². The fraction of sp³-hybridized carbons (Fsp3) is 0.250. The van der Waals surface area contributed by atoms with Crippen LogP contribution < -0.4 is 4.74 Å². The van der Waals surface area contributed by atoms with E-state index in [-0.39, 0.29) is 0 Å². The van der Waals surface area contributed by atoms with Gasteiger partial charge in [0, 0.05) is 6.42 Å². The highest BCUT2D eigenvalue weighted by Crippen LogP contribution is 2.18. The molecule has 0 radical (unpaired) electrons. The van der Waals surface area contributed by atoms with Crippen molar-refractivity contribution >= 4 is 6.29 Å². The van der Waals surface area contributed by atoms with E-state index in [4.69, 9.17) is 11.2 Å². The second-order valence-corrected chi connectivity index (χ2v) is 2.96. The highest BCUT2D eigenvalue weighted by Gasteiger charge is 2.01. The number of aryl methyl sites for hydroxylation is 1. The van der Waals surface area contributed by atoms with E-state index in [1.165, 1.54) is 0 Å². The summed E-state index contributed by atoms with van der Waals surface area (Å²) >= 11 is 0. The van der Waals surface area contributed by atoms with Crippen LogP contribution in [0.1, 0.15) is 22.3 Å². The first kappa shape index (κ1) is 10.3. The van der Waals surface area contributed by atoms with E-state index in [9.17, 15) is 4.79 Å². The molecule has 0 spiro atoms. The lowest BCUT2D eigenvalue weighted by molar-refractivity contribution is 0.111. The maximum atomic E-state index is 10.7. The third-order valence-corrected chi connectivity index (χ3v) is 1.80. The van der Waals surface area contributed by atoms with Crippen LogP contribution in [0, 0.1) is 19.3 Å². The molecule has 14 heavy (non-hydrogen) atoms. The lowest BCUT2D eigenvalue weighted by Gasteiger charge is -2.06. The maximum absolute atomic E-state index is 10.7. The molecule has 0 N–H and O–H groups in total. The summed E-state index contributed by atoms with van der Waals surface area (Å²) < 4.78 is 5.35. The van der Waals surface area contributed by atoms with Crippen molar-refractivity contribution in [3.05, 3.63) is 29.3 Å². The number of aldehydes is 1. The van der Waals surface area contributed by atoms with Crippen molar-refractivity contribution in [2.24, 2.45) is 0 Å². The fourth-order valence-corrected chi connectivity index (χ4v) is 1.11. The molecule has 2 heteroatoms. The van der Waals surface area contributed by atoms with Crippen LogP contribution in [0.5, 0.6) is 5.75 Å². The molecule has 1 aromatic carbocycles. The van der Waals surface area contributed by atoms with Gasteiger partial charge >= 0.3 is 0 Å². The lowest BCUT2D eigenvalue weighted by atomic mass is 10.1. The predicted octanol–water partition coefficient (Wildman–Crippen LogP) is 2.21.